The summed E-state index contributed by atoms with van der Waals surface area (Å²) in [6.45, 7) is 5.03. The van der Waals surface area contributed by atoms with Crippen molar-refractivity contribution in [2.75, 3.05) is 7.11 Å². The number of benzene rings is 1. The Morgan fingerprint density at radius 2 is 1.72 bits per heavy atom. The summed E-state index contributed by atoms with van der Waals surface area (Å²) >= 11 is 0. The molecular weight excluding hydrogens is 356 g/mol. The van der Waals surface area contributed by atoms with E-state index in [1.165, 1.54) is 62.5 Å². The van der Waals surface area contributed by atoms with Gasteiger partial charge in [0.25, 0.3) is 0 Å². The van der Waals surface area contributed by atoms with Crippen LogP contribution in [-0.2, 0) is 0 Å². The minimum Gasteiger partial charge on any atom is -0.497 e. The van der Waals surface area contributed by atoms with Gasteiger partial charge in [-0.15, -0.1) is 0 Å². The Labute approximate surface area is 176 Å². The van der Waals surface area contributed by atoms with Crippen LogP contribution in [0.4, 0.5) is 0 Å². The fourth-order valence-corrected chi connectivity index (χ4v) is 8.21. The molecular formula is C27H38O2. The second kappa shape index (κ2) is 7.15. The SMILES string of the molecule is COc1ccc(/C=C2\C[C@@H]3[C@@H]4CC[C@@H]5CCCC[C@]5(C)[C@H]4CC[C@]3(C)[C@H]2O)cc1. The minimum absolute atomic E-state index is 0.0668. The zero-order chi connectivity index (χ0) is 20.2. The quantitative estimate of drug-likeness (QED) is 0.622. The van der Waals surface area contributed by atoms with Gasteiger partial charge in [0.05, 0.1) is 13.2 Å². The van der Waals surface area contributed by atoms with Crippen LogP contribution in [0.5, 0.6) is 5.75 Å². The third-order valence-corrected chi connectivity index (χ3v) is 9.92. The number of rotatable bonds is 2. The van der Waals surface area contributed by atoms with E-state index in [0.717, 1.165) is 29.9 Å². The highest BCUT2D eigenvalue weighted by molar-refractivity contribution is 5.56. The predicted molar refractivity (Wildman–Crippen MR) is 119 cm³/mol. The van der Waals surface area contributed by atoms with E-state index in [4.69, 9.17) is 4.74 Å². The summed E-state index contributed by atoms with van der Waals surface area (Å²) in [7, 11) is 1.71. The summed E-state index contributed by atoms with van der Waals surface area (Å²) in [6.07, 6.45) is 14.2. The lowest BCUT2D eigenvalue weighted by Gasteiger charge is -2.60. The average molecular weight is 395 g/mol. The van der Waals surface area contributed by atoms with Crippen molar-refractivity contribution >= 4 is 6.08 Å². The molecule has 1 aromatic rings. The minimum atomic E-state index is -0.285. The molecule has 5 rings (SSSR count). The van der Waals surface area contributed by atoms with E-state index in [1.54, 1.807) is 7.11 Å². The fraction of sp³-hybridized carbons (Fsp3) is 0.704. The van der Waals surface area contributed by atoms with Crippen LogP contribution in [0.25, 0.3) is 6.08 Å². The van der Waals surface area contributed by atoms with Crippen molar-refractivity contribution < 1.29 is 9.84 Å². The molecule has 0 radical (unpaired) electrons. The molecule has 0 heterocycles. The molecule has 0 bridgehead atoms. The fourth-order valence-electron chi connectivity index (χ4n) is 8.21. The Morgan fingerprint density at radius 1 is 0.931 bits per heavy atom. The van der Waals surface area contributed by atoms with E-state index in [0.29, 0.717) is 11.3 Å². The number of hydrogen-bond acceptors (Lipinski definition) is 2. The van der Waals surface area contributed by atoms with Crippen molar-refractivity contribution in [3.8, 4) is 5.75 Å². The molecule has 1 N–H and O–H groups in total. The molecule has 4 aliphatic rings. The third kappa shape index (κ3) is 3.00. The zero-order valence-electron chi connectivity index (χ0n) is 18.5. The predicted octanol–water partition coefficient (Wildman–Crippen LogP) is 6.48. The van der Waals surface area contributed by atoms with Gasteiger partial charge in [-0.1, -0.05) is 44.9 Å². The van der Waals surface area contributed by atoms with E-state index in [2.05, 4.69) is 32.1 Å². The van der Waals surface area contributed by atoms with E-state index in [9.17, 15) is 5.11 Å². The summed E-state index contributed by atoms with van der Waals surface area (Å²) in [5.41, 5.74) is 3.08. The summed E-state index contributed by atoms with van der Waals surface area (Å²) in [5, 5.41) is 11.4. The molecule has 0 unspecified atom stereocenters. The summed E-state index contributed by atoms with van der Waals surface area (Å²) in [6, 6.07) is 8.26. The maximum absolute atomic E-state index is 11.4. The molecule has 0 aliphatic heterocycles. The number of hydrogen-bond donors (Lipinski definition) is 1. The van der Waals surface area contributed by atoms with Crippen molar-refractivity contribution in [3.05, 3.63) is 35.4 Å². The first kappa shape index (κ1) is 19.7. The lowest BCUT2D eigenvalue weighted by molar-refractivity contribution is -0.119. The number of methoxy groups -OCH3 is 1. The molecule has 1 aromatic carbocycles. The van der Waals surface area contributed by atoms with Crippen molar-refractivity contribution in [1.82, 2.24) is 0 Å². The molecule has 0 saturated heterocycles. The molecule has 7 atom stereocenters. The van der Waals surface area contributed by atoms with Gasteiger partial charge in [0, 0.05) is 5.41 Å². The molecule has 29 heavy (non-hydrogen) atoms. The molecule has 2 nitrogen and oxygen atoms in total. The van der Waals surface area contributed by atoms with Crippen molar-refractivity contribution in [2.45, 2.75) is 77.7 Å². The normalized spacial score (nSPS) is 45.4. The molecule has 0 aromatic heterocycles. The molecule has 2 heteroatoms. The summed E-state index contributed by atoms with van der Waals surface area (Å²) < 4.78 is 5.30. The van der Waals surface area contributed by atoms with Crippen LogP contribution in [0.3, 0.4) is 0 Å². The van der Waals surface area contributed by atoms with Gasteiger partial charge in [0.1, 0.15) is 5.75 Å². The van der Waals surface area contributed by atoms with E-state index < -0.39 is 0 Å². The maximum atomic E-state index is 11.4. The average Bonchev–Trinajstić information content (AvgIpc) is 2.99. The first-order valence-electron chi connectivity index (χ1n) is 12.0. The van der Waals surface area contributed by atoms with Crippen LogP contribution in [0.1, 0.15) is 77.2 Å². The van der Waals surface area contributed by atoms with Crippen LogP contribution in [0, 0.1) is 34.5 Å². The highest BCUT2D eigenvalue weighted by Crippen LogP contribution is 2.67. The monoisotopic (exact) mass is 394 g/mol. The molecule has 4 fully saturated rings. The second-order valence-electron chi connectivity index (χ2n) is 11.0. The standard InChI is InChI=1S/C27H38O2/c1-26-14-5-4-6-20(26)9-12-22-23(26)13-15-27(2)24(22)17-19(25(27)28)16-18-7-10-21(29-3)11-8-18/h7-8,10-11,16,20,22-25,28H,4-6,9,12-15,17H2,1-3H3/b19-16+/t20-,22+,23-,24+,25-,26-,27-/m0/s1. The zero-order valence-corrected chi connectivity index (χ0v) is 18.5. The first-order chi connectivity index (χ1) is 14.0. The number of ether oxygens (including phenoxy) is 1. The smallest absolute Gasteiger partial charge is 0.118 e. The molecule has 0 amide bonds. The molecule has 0 spiro atoms. The van der Waals surface area contributed by atoms with Gasteiger partial charge in [-0.25, -0.2) is 0 Å². The van der Waals surface area contributed by atoms with Crippen LogP contribution in [0.15, 0.2) is 29.8 Å². The van der Waals surface area contributed by atoms with Crippen LogP contribution >= 0.6 is 0 Å². The van der Waals surface area contributed by atoms with Gasteiger partial charge in [-0.2, -0.15) is 0 Å². The number of aliphatic hydroxyl groups excluding tert-OH is 1. The lowest BCUT2D eigenvalue weighted by Crippen LogP contribution is -2.53. The van der Waals surface area contributed by atoms with Gasteiger partial charge < -0.3 is 9.84 Å². The second-order valence-corrected chi connectivity index (χ2v) is 11.0. The van der Waals surface area contributed by atoms with Crippen molar-refractivity contribution in [3.63, 3.8) is 0 Å². The number of aliphatic hydroxyl groups is 1. The Bertz CT molecular complexity index is 780. The Kier molecular flexibility index (Phi) is 4.85. The van der Waals surface area contributed by atoms with E-state index >= 15 is 0 Å². The summed E-state index contributed by atoms with van der Waals surface area (Å²) in [5.74, 6) is 4.19. The Morgan fingerprint density at radius 3 is 2.48 bits per heavy atom. The molecule has 158 valence electrons. The third-order valence-electron chi connectivity index (χ3n) is 9.92. The van der Waals surface area contributed by atoms with Gasteiger partial charge in [-0.05, 0) is 97.3 Å². The lowest BCUT2D eigenvalue weighted by atomic mass is 9.45. The van der Waals surface area contributed by atoms with E-state index in [1.807, 2.05) is 12.1 Å². The van der Waals surface area contributed by atoms with Crippen molar-refractivity contribution in [2.24, 2.45) is 34.5 Å². The molecule has 4 aliphatic carbocycles. The van der Waals surface area contributed by atoms with Crippen LogP contribution < -0.4 is 4.74 Å². The first-order valence-corrected chi connectivity index (χ1v) is 12.0. The topological polar surface area (TPSA) is 29.5 Å². The van der Waals surface area contributed by atoms with Gasteiger partial charge in [0.15, 0.2) is 0 Å². The summed E-state index contributed by atoms with van der Waals surface area (Å²) in [4.78, 5) is 0. The Hall–Kier alpha value is -1.28. The Balaban J connectivity index is 1.43. The van der Waals surface area contributed by atoms with Gasteiger partial charge in [-0.3, -0.25) is 0 Å². The highest BCUT2D eigenvalue weighted by Gasteiger charge is 2.60. The van der Waals surface area contributed by atoms with Crippen LogP contribution in [0.2, 0.25) is 0 Å². The maximum Gasteiger partial charge on any atom is 0.118 e. The van der Waals surface area contributed by atoms with Crippen LogP contribution in [-0.4, -0.2) is 18.3 Å². The highest BCUT2D eigenvalue weighted by atomic mass is 16.5. The van der Waals surface area contributed by atoms with Gasteiger partial charge in [0.2, 0.25) is 0 Å². The van der Waals surface area contributed by atoms with E-state index in [-0.39, 0.29) is 11.5 Å². The van der Waals surface area contributed by atoms with Crippen molar-refractivity contribution in [1.29, 1.82) is 0 Å². The number of fused-ring (bicyclic) bond motifs is 5. The largest absolute Gasteiger partial charge is 0.497 e. The van der Waals surface area contributed by atoms with Gasteiger partial charge >= 0.3 is 0 Å². The molecule has 4 saturated carbocycles.